The summed E-state index contributed by atoms with van der Waals surface area (Å²) in [4.78, 5) is 108. The van der Waals surface area contributed by atoms with E-state index in [-0.39, 0.29) is 46.0 Å². The zero-order valence-corrected chi connectivity index (χ0v) is 68.2. The minimum absolute atomic E-state index is 0.164. The molecule has 0 aromatic heterocycles. The maximum atomic E-state index is 13.7. The summed E-state index contributed by atoms with van der Waals surface area (Å²) in [5.41, 5.74) is 0.574. The van der Waals surface area contributed by atoms with Crippen LogP contribution in [0.2, 0.25) is 0 Å². The van der Waals surface area contributed by atoms with Crippen LogP contribution in [0, 0.1) is 0 Å². The molecule has 24 heteroatoms. The SMILES string of the molecule is CC(C)(C)OC(=O)Oc1ccc(-c2ccc3c(c2)C2(c4cc(-c5ccc(OC(=O)OC(C)(C)C)c(OC(=O)OC(C)(C)C)c5)ccc4-3)c3cc(-c4ccc(OC(=O)OC(C)(C)C)c(OC(=O)OC(C)(C)C)c4)ccc3-c3ccc(-c4ccc(OC(=O)OC(C)(C)C)c(OC(=O)OC(C)(C)C)c4)cc32)cc1OC(=O)OC(C)(C)C. The lowest BCUT2D eigenvalue weighted by Gasteiger charge is -2.32. The fraction of sp³-hybridized carbons (Fsp3) is 0.371. The third-order valence-corrected chi connectivity index (χ3v) is 16.0. The Morgan fingerprint density at radius 2 is 0.319 bits per heavy atom. The molecule has 0 radical (unpaired) electrons. The molecule has 0 bridgehead atoms. The lowest BCUT2D eigenvalue weighted by Crippen LogP contribution is -2.27. The molecule has 0 saturated heterocycles. The highest BCUT2D eigenvalue weighted by Crippen LogP contribution is 2.65. The Kier molecular flexibility index (Phi) is 22.8. The van der Waals surface area contributed by atoms with Crippen LogP contribution < -0.4 is 37.9 Å². The first kappa shape index (κ1) is 83.4. The molecule has 0 N–H and O–H groups in total. The smallest absolute Gasteiger partial charge is 0.428 e. The van der Waals surface area contributed by atoms with Gasteiger partial charge in [-0.25, -0.2) is 38.4 Å². The van der Waals surface area contributed by atoms with Gasteiger partial charge in [0.2, 0.25) is 0 Å². The Bertz CT molecular complexity index is 4450. The van der Waals surface area contributed by atoms with Gasteiger partial charge < -0.3 is 75.8 Å². The maximum absolute atomic E-state index is 13.7. The molecule has 0 heterocycles. The largest absolute Gasteiger partial charge is 0.514 e. The van der Waals surface area contributed by atoms with E-state index in [1.807, 2.05) is 72.8 Å². The topological polar surface area (TPSA) is 284 Å². The molecule has 24 nitrogen and oxygen atoms in total. The maximum Gasteiger partial charge on any atom is 0.514 e. The molecule has 596 valence electrons. The summed E-state index contributed by atoms with van der Waals surface area (Å²) >= 11 is 0. The Labute approximate surface area is 657 Å². The zero-order valence-electron chi connectivity index (χ0n) is 68.2. The van der Waals surface area contributed by atoms with Crippen molar-refractivity contribution in [1.29, 1.82) is 0 Å². The van der Waals surface area contributed by atoms with Gasteiger partial charge in [0.1, 0.15) is 44.8 Å². The van der Waals surface area contributed by atoms with Crippen LogP contribution in [0.4, 0.5) is 38.4 Å². The van der Waals surface area contributed by atoms with E-state index >= 15 is 0 Å². The molecule has 0 atom stereocenters. The first-order valence-electron chi connectivity index (χ1n) is 36.6. The molecule has 8 aromatic rings. The van der Waals surface area contributed by atoms with Gasteiger partial charge in [0.25, 0.3) is 0 Å². The van der Waals surface area contributed by atoms with E-state index < -0.39 is 99.5 Å². The number of ether oxygens (including phenoxy) is 16. The Morgan fingerprint density at radius 3 is 0.469 bits per heavy atom. The van der Waals surface area contributed by atoms with Crippen molar-refractivity contribution < 1.29 is 114 Å². The van der Waals surface area contributed by atoms with Crippen LogP contribution in [0.5, 0.6) is 46.0 Å². The van der Waals surface area contributed by atoms with Gasteiger partial charge >= 0.3 is 49.2 Å². The Morgan fingerprint density at radius 1 is 0.186 bits per heavy atom. The van der Waals surface area contributed by atoms with Crippen molar-refractivity contribution in [3.8, 4) is 113 Å². The summed E-state index contributed by atoms with van der Waals surface area (Å²) in [7, 11) is 0. The lowest BCUT2D eigenvalue weighted by molar-refractivity contribution is 0.0138. The van der Waals surface area contributed by atoms with Crippen LogP contribution in [-0.4, -0.2) is 94.1 Å². The van der Waals surface area contributed by atoms with Gasteiger partial charge in [-0.05, 0) is 328 Å². The number of fused-ring (bicyclic) bond motifs is 10. The Balaban J connectivity index is 1.29. The normalized spacial score (nSPS) is 13.0. The van der Waals surface area contributed by atoms with E-state index in [9.17, 15) is 38.4 Å². The molecule has 0 unspecified atom stereocenters. The van der Waals surface area contributed by atoms with Gasteiger partial charge in [0.15, 0.2) is 46.0 Å². The van der Waals surface area contributed by atoms with E-state index in [4.69, 9.17) is 75.8 Å². The first-order chi connectivity index (χ1) is 52.1. The second-order valence-electron chi connectivity index (χ2n) is 35.0. The molecular formula is C89H96O24. The number of benzene rings is 8. The number of carbonyl (C=O) groups excluding carboxylic acids is 8. The molecule has 1 spiro atoms. The standard InChI is InChI=1S/C89H96O24/c1-81(2,3)106-73(90)98-65-37-29-53(45-69(65)102-77(94)110-85(13,14)15)49-25-33-57-58-34-26-50(54-30-38-66(99-74(91)107-82(4,5)6)70(46-54)103-78(95)111-86(16,17)18)42-62(58)89(61(57)41-49)63-43-51(55-31-39-67(100-75(92)108-83(7,8)9)71(47-55)104-79(96)112-87(19,20)21)27-35-59(63)60-36-28-52(44-64(60)89)56-32-40-68(101-76(93)109-84(10,11)12)72(48-56)105-80(97)113-88(22,23)24/h25-48H,1-24H3. The summed E-state index contributed by atoms with van der Waals surface area (Å²) in [5.74, 6) is -1.42. The van der Waals surface area contributed by atoms with Crippen molar-refractivity contribution in [3.05, 3.63) is 168 Å². The average Bonchev–Trinajstić information content (AvgIpc) is 1.50. The molecule has 8 aromatic carbocycles. The van der Waals surface area contributed by atoms with Crippen LogP contribution in [0.3, 0.4) is 0 Å². The second-order valence-corrected chi connectivity index (χ2v) is 35.0. The predicted molar refractivity (Wildman–Crippen MR) is 419 cm³/mol. The van der Waals surface area contributed by atoms with Crippen LogP contribution in [0.15, 0.2) is 146 Å². The van der Waals surface area contributed by atoms with Crippen molar-refractivity contribution >= 4 is 49.2 Å². The van der Waals surface area contributed by atoms with Crippen LogP contribution in [-0.2, 0) is 43.3 Å². The summed E-state index contributed by atoms with van der Waals surface area (Å²) in [6.07, 6.45) is -8.65. The summed E-state index contributed by atoms with van der Waals surface area (Å²) in [5, 5.41) is 0. The van der Waals surface area contributed by atoms with Crippen molar-refractivity contribution in [2.75, 3.05) is 0 Å². The van der Waals surface area contributed by atoms with Crippen molar-refractivity contribution in [1.82, 2.24) is 0 Å². The lowest BCUT2D eigenvalue weighted by atomic mass is 9.69. The minimum Gasteiger partial charge on any atom is -0.428 e. The van der Waals surface area contributed by atoms with Crippen molar-refractivity contribution in [2.24, 2.45) is 0 Å². The molecule has 113 heavy (non-hydrogen) atoms. The minimum atomic E-state index is -1.44. The van der Waals surface area contributed by atoms with E-state index in [0.717, 1.165) is 22.3 Å². The van der Waals surface area contributed by atoms with Crippen LogP contribution >= 0.6 is 0 Å². The third-order valence-electron chi connectivity index (χ3n) is 16.0. The summed E-state index contributed by atoms with van der Waals surface area (Å²) < 4.78 is 91.2. The molecule has 0 amide bonds. The van der Waals surface area contributed by atoms with Gasteiger partial charge in [-0.1, -0.05) is 72.8 Å². The van der Waals surface area contributed by atoms with E-state index in [1.165, 1.54) is 24.3 Å². The van der Waals surface area contributed by atoms with Crippen molar-refractivity contribution in [2.45, 2.75) is 216 Å². The highest BCUT2D eigenvalue weighted by Gasteiger charge is 2.53. The number of hydrogen-bond donors (Lipinski definition) is 0. The fourth-order valence-electron chi connectivity index (χ4n) is 12.2. The van der Waals surface area contributed by atoms with Crippen LogP contribution in [0.1, 0.15) is 188 Å². The molecule has 0 saturated carbocycles. The third kappa shape index (κ3) is 21.3. The molecule has 10 rings (SSSR count). The predicted octanol–water partition coefficient (Wildman–Crippen LogP) is 23.2. The number of rotatable bonds is 12. The van der Waals surface area contributed by atoms with Gasteiger partial charge in [-0.3, -0.25) is 0 Å². The highest BCUT2D eigenvalue weighted by atomic mass is 16.8. The molecule has 0 fully saturated rings. The highest BCUT2D eigenvalue weighted by molar-refractivity contribution is 5.99. The summed E-state index contributed by atoms with van der Waals surface area (Å²) in [6, 6.07) is 42.3. The average molecular weight is 1550 g/mol. The van der Waals surface area contributed by atoms with Gasteiger partial charge in [-0.15, -0.1) is 0 Å². The van der Waals surface area contributed by atoms with Gasteiger partial charge in [0.05, 0.1) is 5.41 Å². The monoisotopic (exact) mass is 1550 g/mol. The molecular weight excluding hydrogens is 1450 g/mol. The van der Waals surface area contributed by atoms with E-state index in [1.54, 1.807) is 215 Å². The van der Waals surface area contributed by atoms with Crippen LogP contribution in [0.25, 0.3) is 66.8 Å². The zero-order chi connectivity index (χ0) is 83.3. The molecule has 2 aliphatic rings. The molecule has 0 aliphatic heterocycles. The van der Waals surface area contributed by atoms with Gasteiger partial charge in [-0.2, -0.15) is 0 Å². The number of hydrogen-bond acceptors (Lipinski definition) is 24. The van der Waals surface area contributed by atoms with Gasteiger partial charge in [0, 0.05) is 0 Å². The molecule has 2 aliphatic carbocycles. The summed E-state index contributed by atoms with van der Waals surface area (Å²) in [6.45, 7) is 40.1. The number of carbonyl (C=O) groups is 8. The van der Waals surface area contributed by atoms with Crippen molar-refractivity contribution in [3.63, 3.8) is 0 Å². The second kappa shape index (κ2) is 30.9. The first-order valence-corrected chi connectivity index (χ1v) is 36.6. The quantitative estimate of drug-likeness (QED) is 0.0624. The van der Waals surface area contributed by atoms with E-state index in [2.05, 4.69) is 0 Å². The Hall–Kier alpha value is -12.1. The van der Waals surface area contributed by atoms with E-state index in [0.29, 0.717) is 66.8 Å². The fourth-order valence-corrected chi connectivity index (χ4v) is 12.2.